The number of piperidine rings is 1. The first-order chi connectivity index (χ1) is 8.58. The second kappa shape index (κ2) is 4.89. The number of nitrogens with two attached hydrogens (primary N) is 1. The first-order valence-corrected chi connectivity index (χ1v) is 6.62. The van der Waals surface area contributed by atoms with E-state index in [1.807, 2.05) is 12.1 Å². The molecule has 1 aromatic rings. The lowest BCUT2D eigenvalue weighted by atomic mass is 9.78. The second-order valence-electron chi connectivity index (χ2n) is 5.54. The fraction of sp³-hybridized carbons (Fsp3) is 0.533. The summed E-state index contributed by atoms with van der Waals surface area (Å²) in [5.74, 6) is 0. The van der Waals surface area contributed by atoms with Crippen molar-refractivity contribution in [3.05, 3.63) is 23.8 Å². The van der Waals surface area contributed by atoms with Crippen molar-refractivity contribution < 1.29 is 0 Å². The smallest absolute Gasteiger partial charge is 0.0992 e. The van der Waals surface area contributed by atoms with Crippen LogP contribution in [0, 0.1) is 16.7 Å². The van der Waals surface area contributed by atoms with E-state index in [1.165, 1.54) is 19.3 Å². The Bertz CT molecular complexity index is 465. The summed E-state index contributed by atoms with van der Waals surface area (Å²) in [7, 11) is 0. The van der Waals surface area contributed by atoms with Gasteiger partial charge in [-0.15, -0.1) is 0 Å². The van der Waals surface area contributed by atoms with Gasteiger partial charge in [0.25, 0.3) is 0 Å². The molecule has 0 radical (unpaired) electrons. The average Bonchev–Trinajstić information content (AvgIpc) is 2.41. The molecule has 96 valence electrons. The van der Waals surface area contributed by atoms with Crippen LogP contribution in [-0.2, 0) is 0 Å². The van der Waals surface area contributed by atoms with E-state index in [4.69, 9.17) is 11.0 Å². The number of anilines is 2. The number of hydrogen-bond donors (Lipinski definition) is 1. The summed E-state index contributed by atoms with van der Waals surface area (Å²) < 4.78 is 0. The molecule has 3 heteroatoms. The number of benzene rings is 1. The molecular weight excluding hydrogens is 222 g/mol. The Hall–Kier alpha value is -1.69. The van der Waals surface area contributed by atoms with Crippen molar-refractivity contribution in [2.75, 3.05) is 23.7 Å². The lowest BCUT2D eigenvalue weighted by Crippen LogP contribution is -2.38. The van der Waals surface area contributed by atoms with Crippen LogP contribution < -0.4 is 10.6 Å². The van der Waals surface area contributed by atoms with Crippen LogP contribution >= 0.6 is 0 Å². The van der Waals surface area contributed by atoms with Gasteiger partial charge >= 0.3 is 0 Å². The van der Waals surface area contributed by atoms with Crippen LogP contribution in [0.4, 0.5) is 11.4 Å². The quantitative estimate of drug-likeness (QED) is 0.812. The highest BCUT2D eigenvalue weighted by Crippen LogP contribution is 2.37. The molecule has 1 heterocycles. The predicted molar refractivity (Wildman–Crippen MR) is 75.4 cm³/mol. The van der Waals surface area contributed by atoms with Gasteiger partial charge in [0.15, 0.2) is 0 Å². The maximum atomic E-state index is 8.96. The molecule has 0 amide bonds. The molecule has 18 heavy (non-hydrogen) atoms. The molecule has 0 spiro atoms. The number of nitrogens with zero attached hydrogens (tertiary/aromatic N) is 2. The molecule has 0 aliphatic carbocycles. The monoisotopic (exact) mass is 243 g/mol. The second-order valence-corrected chi connectivity index (χ2v) is 5.54. The summed E-state index contributed by atoms with van der Waals surface area (Å²) >= 11 is 0. The third-order valence-corrected chi connectivity index (χ3v) is 4.32. The molecule has 3 nitrogen and oxygen atoms in total. The normalized spacial score (nSPS) is 18.4. The van der Waals surface area contributed by atoms with E-state index in [9.17, 15) is 0 Å². The zero-order chi connectivity index (χ0) is 13.2. The molecule has 1 aliphatic rings. The van der Waals surface area contributed by atoms with Gasteiger partial charge in [0.05, 0.1) is 23.0 Å². The Morgan fingerprint density at radius 3 is 2.61 bits per heavy atom. The molecule has 0 atom stereocenters. The van der Waals surface area contributed by atoms with Gasteiger partial charge in [-0.05, 0) is 36.5 Å². The third kappa shape index (κ3) is 2.43. The Morgan fingerprint density at radius 1 is 1.39 bits per heavy atom. The zero-order valence-electron chi connectivity index (χ0n) is 11.2. The summed E-state index contributed by atoms with van der Waals surface area (Å²) in [6.45, 7) is 6.69. The highest BCUT2D eigenvalue weighted by Gasteiger charge is 2.28. The maximum absolute atomic E-state index is 8.96. The summed E-state index contributed by atoms with van der Waals surface area (Å²) in [6.07, 6.45) is 3.62. The lowest BCUT2D eigenvalue weighted by molar-refractivity contribution is 0.238. The van der Waals surface area contributed by atoms with E-state index < -0.39 is 0 Å². The summed E-state index contributed by atoms with van der Waals surface area (Å²) in [5, 5.41) is 8.96. The standard InChI is InChI=1S/C15H21N3/c1-3-15(2)6-8-18(9-7-15)14-10-12(11-16)4-5-13(14)17/h4-5,10H,3,6-9,17H2,1-2H3. The predicted octanol–water partition coefficient (Wildman–Crippen LogP) is 3.16. The van der Waals surface area contributed by atoms with Gasteiger partial charge < -0.3 is 10.6 Å². The van der Waals surface area contributed by atoms with Crippen LogP contribution in [0.15, 0.2) is 18.2 Å². The van der Waals surface area contributed by atoms with Crippen molar-refractivity contribution in [1.82, 2.24) is 0 Å². The van der Waals surface area contributed by atoms with Crippen LogP contribution in [0.25, 0.3) is 0 Å². The van der Waals surface area contributed by atoms with Crippen LogP contribution in [-0.4, -0.2) is 13.1 Å². The Labute approximate surface area is 109 Å². The third-order valence-electron chi connectivity index (χ3n) is 4.32. The van der Waals surface area contributed by atoms with Gasteiger partial charge in [-0.25, -0.2) is 0 Å². The van der Waals surface area contributed by atoms with Crippen molar-refractivity contribution in [3.63, 3.8) is 0 Å². The fourth-order valence-electron chi connectivity index (χ4n) is 2.53. The van der Waals surface area contributed by atoms with E-state index in [0.717, 1.165) is 24.5 Å². The number of nitrogen functional groups attached to an aromatic ring is 1. The molecule has 1 saturated heterocycles. The van der Waals surface area contributed by atoms with Crippen LogP contribution in [0.1, 0.15) is 38.7 Å². The first-order valence-electron chi connectivity index (χ1n) is 6.62. The highest BCUT2D eigenvalue weighted by molar-refractivity contribution is 5.69. The molecule has 0 bridgehead atoms. The minimum Gasteiger partial charge on any atom is -0.397 e. The van der Waals surface area contributed by atoms with Crippen molar-refractivity contribution >= 4 is 11.4 Å². The Morgan fingerprint density at radius 2 is 2.06 bits per heavy atom. The number of hydrogen-bond acceptors (Lipinski definition) is 3. The molecule has 2 rings (SSSR count). The van der Waals surface area contributed by atoms with E-state index >= 15 is 0 Å². The van der Waals surface area contributed by atoms with E-state index in [2.05, 4.69) is 24.8 Å². The van der Waals surface area contributed by atoms with Crippen molar-refractivity contribution in [3.8, 4) is 6.07 Å². The zero-order valence-corrected chi connectivity index (χ0v) is 11.2. The summed E-state index contributed by atoms with van der Waals surface area (Å²) in [5.41, 5.74) is 8.97. The van der Waals surface area contributed by atoms with Crippen LogP contribution in [0.3, 0.4) is 0 Å². The van der Waals surface area contributed by atoms with Crippen molar-refractivity contribution in [1.29, 1.82) is 5.26 Å². The molecule has 2 N–H and O–H groups in total. The van der Waals surface area contributed by atoms with E-state index in [-0.39, 0.29) is 0 Å². The number of nitriles is 1. The van der Waals surface area contributed by atoms with E-state index in [0.29, 0.717) is 11.0 Å². The molecule has 0 saturated carbocycles. The topological polar surface area (TPSA) is 53.0 Å². The van der Waals surface area contributed by atoms with Gasteiger partial charge in [0, 0.05) is 13.1 Å². The number of rotatable bonds is 2. The van der Waals surface area contributed by atoms with Gasteiger partial charge in [0.1, 0.15) is 0 Å². The molecule has 1 aromatic carbocycles. The summed E-state index contributed by atoms with van der Waals surface area (Å²) in [6, 6.07) is 7.70. The van der Waals surface area contributed by atoms with Crippen LogP contribution in [0.2, 0.25) is 0 Å². The van der Waals surface area contributed by atoms with E-state index in [1.54, 1.807) is 6.07 Å². The van der Waals surface area contributed by atoms with Crippen LogP contribution in [0.5, 0.6) is 0 Å². The lowest BCUT2D eigenvalue weighted by Gasteiger charge is -2.40. The highest BCUT2D eigenvalue weighted by atomic mass is 15.1. The SMILES string of the molecule is CCC1(C)CCN(c2cc(C#N)ccc2N)CC1. The minimum atomic E-state index is 0.470. The van der Waals surface area contributed by atoms with Gasteiger partial charge in [0.2, 0.25) is 0 Å². The minimum absolute atomic E-state index is 0.470. The molecular formula is C15H21N3. The molecule has 1 aliphatic heterocycles. The Balaban J connectivity index is 2.17. The van der Waals surface area contributed by atoms with Gasteiger partial charge in [-0.3, -0.25) is 0 Å². The van der Waals surface area contributed by atoms with Crippen molar-refractivity contribution in [2.45, 2.75) is 33.1 Å². The summed E-state index contributed by atoms with van der Waals surface area (Å²) in [4.78, 5) is 2.31. The van der Waals surface area contributed by atoms with Gasteiger partial charge in [-0.2, -0.15) is 5.26 Å². The molecule has 0 unspecified atom stereocenters. The fourth-order valence-corrected chi connectivity index (χ4v) is 2.53. The largest absolute Gasteiger partial charge is 0.397 e. The first kappa shape index (κ1) is 12.8. The Kier molecular flexibility index (Phi) is 3.47. The maximum Gasteiger partial charge on any atom is 0.0992 e. The molecule has 1 fully saturated rings. The van der Waals surface area contributed by atoms with Crippen molar-refractivity contribution in [2.24, 2.45) is 5.41 Å². The van der Waals surface area contributed by atoms with Gasteiger partial charge in [-0.1, -0.05) is 20.3 Å². The average molecular weight is 243 g/mol. The molecule has 0 aromatic heterocycles.